The van der Waals surface area contributed by atoms with Gasteiger partial charge in [-0.15, -0.1) is 0 Å². The largest absolute Gasteiger partial charge is 0.0953 e. The first kappa shape index (κ1) is 29.2. The Hall–Kier alpha value is -0.780. The van der Waals surface area contributed by atoms with Crippen molar-refractivity contribution in [2.24, 2.45) is 58.2 Å². The van der Waals surface area contributed by atoms with Crippen molar-refractivity contribution in [1.82, 2.24) is 0 Å². The Kier molecular flexibility index (Phi) is 9.61. The third-order valence-electron chi connectivity index (χ3n) is 13.3. The third kappa shape index (κ3) is 5.75. The molecule has 0 spiro atoms. The van der Waals surface area contributed by atoms with E-state index >= 15 is 0 Å². The molecule has 0 radical (unpaired) electrons. The smallest absolute Gasteiger partial charge is 0.00863 e. The average Bonchev–Trinajstić information content (AvgIpc) is 3.27. The van der Waals surface area contributed by atoms with E-state index in [9.17, 15) is 0 Å². The molecule has 4 saturated carbocycles. The van der Waals surface area contributed by atoms with E-state index in [1.54, 1.807) is 38.5 Å². The Morgan fingerprint density at radius 1 is 0.946 bits per heavy atom. The lowest BCUT2D eigenvalue weighted by Gasteiger charge is -2.57. The van der Waals surface area contributed by atoms with Crippen molar-refractivity contribution >= 4 is 0 Å². The molecule has 0 saturated heterocycles. The molecule has 0 aromatic carbocycles. The zero-order valence-corrected chi connectivity index (χ0v) is 26.0. The van der Waals surface area contributed by atoms with Crippen LogP contribution in [0, 0.1) is 58.2 Å². The maximum atomic E-state index is 4.46. The molecular weight excluding hydrogens is 444 g/mol. The van der Waals surface area contributed by atoms with E-state index in [-0.39, 0.29) is 5.41 Å². The van der Waals surface area contributed by atoms with Gasteiger partial charge in [-0.1, -0.05) is 91.2 Å². The summed E-state index contributed by atoms with van der Waals surface area (Å²) in [7, 11) is 0. The molecule has 0 amide bonds. The van der Waals surface area contributed by atoms with Crippen LogP contribution < -0.4 is 0 Å². The first-order chi connectivity index (χ1) is 17.7. The number of rotatable bonds is 10. The van der Waals surface area contributed by atoms with Crippen LogP contribution in [0.1, 0.15) is 138 Å². The summed E-state index contributed by atoms with van der Waals surface area (Å²) in [6, 6.07) is 0. The van der Waals surface area contributed by atoms with Crippen LogP contribution >= 0.6 is 0 Å². The lowest BCUT2D eigenvalue weighted by molar-refractivity contribution is -0.0740. The molecule has 0 aromatic heterocycles. The maximum Gasteiger partial charge on any atom is -0.00863 e. The van der Waals surface area contributed by atoms with E-state index in [0.29, 0.717) is 5.41 Å². The lowest BCUT2D eigenvalue weighted by atomic mass is 9.48. The molecule has 0 aliphatic heterocycles. The molecule has 0 heterocycles. The number of hydrogen-bond acceptors (Lipinski definition) is 0. The van der Waals surface area contributed by atoms with Crippen molar-refractivity contribution in [3.8, 4) is 0 Å². The Labute approximate surface area is 232 Å². The van der Waals surface area contributed by atoms with Crippen LogP contribution in [0.3, 0.4) is 0 Å². The van der Waals surface area contributed by atoms with E-state index in [1.807, 2.05) is 0 Å². The molecule has 9 atom stereocenters. The highest BCUT2D eigenvalue weighted by atomic mass is 14.6. The van der Waals surface area contributed by atoms with Crippen LogP contribution in [0.4, 0.5) is 0 Å². The second-order valence-electron chi connectivity index (χ2n) is 14.8. The summed E-state index contributed by atoms with van der Waals surface area (Å²) in [5, 5.41) is 0. The molecule has 0 N–H and O–H groups in total. The Bertz CT molecular complexity index is 823. The van der Waals surface area contributed by atoms with Crippen molar-refractivity contribution in [2.45, 2.75) is 138 Å². The Morgan fingerprint density at radius 3 is 2.35 bits per heavy atom. The van der Waals surface area contributed by atoms with Crippen molar-refractivity contribution in [2.75, 3.05) is 0 Å². The predicted octanol–water partition coefficient (Wildman–Crippen LogP) is 11.6. The van der Waals surface area contributed by atoms with E-state index < -0.39 is 0 Å². The lowest BCUT2D eigenvalue weighted by Crippen LogP contribution is -2.49. The molecule has 4 aliphatic rings. The van der Waals surface area contributed by atoms with Gasteiger partial charge in [0.15, 0.2) is 0 Å². The number of allylic oxidation sites excluding steroid dienone is 5. The number of hydrogen-bond donors (Lipinski definition) is 0. The quantitative estimate of drug-likeness (QED) is 0.258. The van der Waals surface area contributed by atoms with E-state index in [1.165, 1.54) is 62.5 Å². The molecule has 4 unspecified atom stereocenters. The van der Waals surface area contributed by atoms with E-state index in [0.717, 1.165) is 47.3 Å². The van der Waals surface area contributed by atoms with Gasteiger partial charge in [-0.05, 0) is 141 Å². The van der Waals surface area contributed by atoms with Gasteiger partial charge in [-0.25, -0.2) is 0 Å². The fourth-order valence-electron chi connectivity index (χ4n) is 10.5. The van der Waals surface area contributed by atoms with Crippen LogP contribution in [0.25, 0.3) is 0 Å². The summed E-state index contributed by atoms with van der Waals surface area (Å²) in [6.07, 6.45) is 27.4. The zero-order valence-electron chi connectivity index (χ0n) is 26.0. The van der Waals surface area contributed by atoms with Crippen molar-refractivity contribution < 1.29 is 0 Å². The predicted molar refractivity (Wildman–Crippen MR) is 164 cm³/mol. The summed E-state index contributed by atoms with van der Waals surface area (Å²) in [4.78, 5) is 0. The van der Waals surface area contributed by atoms with Gasteiger partial charge in [-0.2, -0.15) is 0 Å². The Morgan fingerprint density at radius 2 is 1.68 bits per heavy atom. The minimum absolute atomic E-state index is 0.236. The molecule has 37 heavy (non-hydrogen) atoms. The highest BCUT2D eigenvalue weighted by Crippen LogP contribution is 2.66. The molecule has 4 aliphatic carbocycles. The molecule has 0 heteroatoms. The van der Waals surface area contributed by atoms with Crippen LogP contribution in [-0.2, 0) is 0 Å². The van der Waals surface area contributed by atoms with Crippen LogP contribution in [0.15, 0.2) is 36.0 Å². The van der Waals surface area contributed by atoms with Gasteiger partial charge in [0.2, 0.25) is 0 Å². The maximum absolute atomic E-state index is 4.46. The monoisotopic (exact) mass is 506 g/mol. The van der Waals surface area contributed by atoms with E-state index in [4.69, 9.17) is 0 Å². The second-order valence-corrected chi connectivity index (χ2v) is 14.8. The molecule has 0 aromatic rings. The van der Waals surface area contributed by atoms with Gasteiger partial charge < -0.3 is 0 Å². The van der Waals surface area contributed by atoms with Crippen LogP contribution in [-0.4, -0.2) is 0 Å². The fourth-order valence-corrected chi connectivity index (χ4v) is 10.5. The first-order valence-corrected chi connectivity index (χ1v) is 16.7. The fraction of sp³-hybridized carbons (Fsp3) is 0.838. The summed E-state index contributed by atoms with van der Waals surface area (Å²) >= 11 is 0. The SMILES string of the molecule is C=C(/C=C\C(=C/C)C[C@@H](C)[C@H]1CC[C@H]2C3CC[C@@H]4CC(CCC)CCC4[C@H]3CCC12C)C(C)(CC)CC. The summed E-state index contributed by atoms with van der Waals surface area (Å²) in [5.74, 6) is 8.01. The molecular formula is C37H62. The standard InChI is InChI=1S/C37H62/c1-9-13-29-16-18-31-30(25-29)17-19-33-32(31)22-23-37(8)34(20-21-35(33)37)26(5)24-28(10-2)15-14-27(6)36(7,11-3)12-4/h10,14-15,26,29-35H,6,9,11-13,16-25H2,1-5,7-8H3/b15-14-,28-10+/t26-,29?,30-,31?,32-,33?,34-,35+,37?/m1/s1. The minimum atomic E-state index is 0.236. The van der Waals surface area contributed by atoms with E-state index in [2.05, 4.69) is 73.3 Å². The second kappa shape index (κ2) is 12.2. The van der Waals surface area contributed by atoms with Gasteiger partial charge in [0.25, 0.3) is 0 Å². The first-order valence-electron chi connectivity index (χ1n) is 16.7. The van der Waals surface area contributed by atoms with Crippen molar-refractivity contribution in [3.63, 3.8) is 0 Å². The minimum Gasteiger partial charge on any atom is -0.0953 e. The van der Waals surface area contributed by atoms with Gasteiger partial charge >= 0.3 is 0 Å². The van der Waals surface area contributed by atoms with Gasteiger partial charge in [0.1, 0.15) is 0 Å². The van der Waals surface area contributed by atoms with Crippen LogP contribution in [0.5, 0.6) is 0 Å². The van der Waals surface area contributed by atoms with Gasteiger partial charge in [0, 0.05) is 0 Å². The van der Waals surface area contributed by atoms with Gasteiger partial charge in [0.05, 0.1) is 0 Å². The summed E-state index contributed by atoms with van der Waals surface area (Å²) < 4.78 is 0. The van der Waals surface area contributed by atoms with Crippen molar-refractivity contribution in [3.05, 3.63) is 36.0 Å². The van der Waals surface area contributed by atoms with Gasteiger partial charge in [-0.3, -0.25) is 0 Å². The zero-order chi connectivity index (χ0) is 26.8. The normalized spacial score (nSPS) is 39.2. The molecule has 0 bridgehead atoms. The third-order valence-corrected chi connectivity index (χ3v) is 13.3. The molecule has 210 valence electrons. The summed E-state index contributed by atoms with van der Waals surface area (Å²) in [6.45, 7) is 21.4. The highest BCUT2D eigenvalue weighted by molar-refractivity contribution is 5.30. The average molecular weight is 507 g/mol. The highest BCUT2D eigenvalue weighted by Gasteiger charge is 2.57. The Balaban J connectivity index is 1.39. The van der Waals surface area contributed by atoms with Crippen LogP contribution in [0.2, 0.25) is 0 Å². The molecule has 4 rings (SSSR count). The number of fused-ring (bicyclic) bond motifs is 5. The molecule has 4 fully saturated rings. The topological polar surface area (TPSA) is 0 Å². The summed E-state index contributed by atoms with van der Waals surface area (Å²) in [5.41, 5.74) is 3.64. The van der Waals surface area contributed by atoms with Crippen molar-refractivity contribution in [1.29, 1.82) is 0 Å². The molecule has 0 nitrogen and oxygen atoms in total.